The van der Waals surface area contributed by atoms with Crippen molar-refractivity contribution in [1.82, 2.24) is 24.9 Å². The molecule has 5 heterocycles. The predicted octanol–water partition coefficient (Wildman–Crippen LogP) is 5.25. The highest BCUT2D eigenvalue weighted by molar-refractivity contribution is 7.19. The van der Waals surface area contributed by atoms with Gasteiger partial charge in [0.25, 0.3) is 0 Å². The molecule has 5 nitrogen and oxygen atoms in total. The minimum absolute atomic E-state index is 0.876. The first-order valence-electron chi connectivity index (χ1n) is 8.32. The lowest BCUT2D eigenvalue weighted by atomic mass is 10.1. The number of pyridine rings is 2. The fourth-order valence-electron chi connectivity index (χ4n) is 2.95. The van der Waals surface area contributed by atoms with Crippen molar-refractivity contribution in [2.75, 3.05) is 0 Å². The Hall–Kier alpha value is -3.03. The molecule has 0 fully saturated rings. The van der Waals surface area contributed by atoms with Crippen molar-refractivity contribution in [2.24, 2.45) is 0 Å². The molecule has 5 aromatic heterocycles. The minimum Gasteiger partial charge on any atom is -0.255 e. The summed E-state index contributed by atoms with van der Waals surface area (Å²) >= 11 is 3.32. The Morgan fingerprint density at radius 2 is 1.85 bits per heavy atom. The van der Waals surface area contributed by atoms with Crippen LogP contribution in [0.4, 0.5) is 0 Å². The summed E-state index contributed by atoms with van der Waals surface area (Å²) in [6, 6.07) is 10.1. The number of nitrogens with zero attached hydrogens (tertiary/aromatic N) is 5. The quantitative estimate of drug-likeness (QED) is 0.423. The van der Waals surface area contributed by atoms with E-state index < -0.39 is 0 Å². The van der Waals surface area contributed by atoms with E-state index in [0.717, 1.165) is 43.6 Å². The lowest BCUT2D eigenvalue weighted by Crippen LogP contribution is -1.91. The van der Waals surface area contributed by atoms with Crippen LogP contribution in [0.25, 0.3) is 42.6 Å². The zero-order valence-electron chi connectivity index (χ0n) is 14.3. The number of fused-ring (bicyclic) bond motifs is 1. The molecule has 0 saturated heterocycles. The third-order valence-electron chi connectivity index (χ3n) is 4.19. The van der Waals surface area contributed by atoms with Gasteiger partial charge in [0.15, 0.2) is 0 Å². The van der Waals surface area contributed by atoms with Crippen LogP contribution in [0.5, 0.6) is 0 Å². The molecule has 0 N–H and O–H groups in total. The summed E-state index contributed by atoms with van der Waals surface area (Å²) in [6.45, 7) is 2.01. The van der Waals surface area contributed by atoms with Gasteiger partial charge < -0.3 is 0 Å². The Balaban J connectivity index is 1.69. The smallest absolute Gasteiger partial charge is 0.127 e. The lowest BCUT2D eigenvalue weighted by Gasteiger charge is -2.06. The average Bonchev–Trinajstić information content (AvgIpc) is 3.35. The molecule has 0 amide bonds. The Labute approximate surface area is 163 Å². The average molecular weight is 387 g/mol. The fourth-order valence-corrected chi connectivity index (χ4v) is 4.77. The molecule has 7 heteroatoms. The van der Waals surface area contributed by atoms with Gasteiger partial charge in [-0.2, -0.15) is 0 Å². The van der Waals surface area contributed by atoms with Crippen LogP contribution in [0, 0.1) is 6.92 Å². The van der Waals surface area contributed by atoms with Crippen molar-refractivity contribution >= 4 is 32.8 Å². The second-order valence-corrected chi connectivity index (χ2v) is 7.91. The summed E-state index contributed by atoms with van der Waals surface area (Å²) in [6.07, 6.45) is 6.89. The topological polar surface area (TPSA) is 64.5 Å². The largest absolute Gasteiger partial charge is 0.255 e. The van der Waals surface area contributed by atoms with Gasteiger partial charge in [0.2, 0.25) is 0 Å². The van der Waals surface area contributed by atoms with Crippen molar-refractivity contribution in [2.45, 2.75) is 6.92 Å². The van der Waals surface area contributed by atoms with Gasteiger partial charge >= 0.3 is 0 Å². The maximum atomic E-state index is 4.96. The number of rotatable bonds is 3. The van der Waals surface area contributed by atoms with Crippen LogP contribution in [0.15, 0.2) is 60.6 Å². The highest BCUT2D eigenvalue weighted by Gasteiger charge is 2.16. The molecule has 0 atom stereocenters. The van der Waals surface area contributed by atoms with Crippen LogP contribution in [-0.2, 0) is 0 Å². The number of aryl methyl sites for hydroxylation is 1. The van der Waals surface area contributed by atoms with E-state index in [1.54, 1.807) is 41.3 Å². The molecular weight excluding hydrogens is 374 g/mol. The molecule has 0 aliphatic rings. The van der Waals surface area contributed by atoms with E-state index in [0.29, 0.717) is 0 Å². The van der Waals surface area contributed by atoms with Crippen molar-refractivity contribution in [3.8, 4) is 32.5 Å². The molecule has 0 saturated carbocycles. The Morgan fingerprint density at radius 3 is 2.67 bits per heavy atom. The zero-order chi connectivity index (χ0) is 18.2. The van der Waals surface area contributed by atoms with E-state index in [1.807, 2.05) is 25.1 Å². The van der Waals surface area contributed by atoms with Gasteiger partial charge in [-0.1, -0.05) is 6.07 Å². The summed E-state index contributed by atoms with van der Waals surface area (Å²) in [7, 11) is 0. The van der Waals surface area contributed by atoms with Crippen LogP contribution in [0.1, 0.15) is 5.69 Å². The molecule has 0 unspecified atom stereocenters. The molecule has 130 valence electrons. The van der Waals surface area contributed by atoms with Gasteiger partial charge in [0.05, 0.1) is 27.7 Å². The second-order valence-electron chi connectivity index (χ2n) is 5.96. The monoisotopic (exact) mass is 387 g/mol. The van der Waals surface area contributed by atoms with Crippen LogP contribution in [-0.4, -0.2) is 24.9 Å². The maximum Gasteiger partial charge on any atom is 0.127 e. The molecule has 5 aromatic rings. The molecule has 0 aromatic carbocycles. The second kappa shape index (κ2) is 6.61. The molecule has 0 spiro atoms. The van der Waals surface area contributed by atoms with Gasteiger partial charge in [-0.3, -0.25) is 4.98 Å². The molecular formula is C20H13N5S2. The summed E-state index contributed by atoms with van der Waals surface area (Å²) in [5, 5.41) is 4.12. The normalized spacial score (nSPS) is 11.1. The van der Waals surface area contributed by atoms with E-state index in [2.05, 4.69) is 32.5 Å². The molecule has 0 bridgehead atoms. The summed E-state index contributed by atoms with van der Waals surface area (Å²) < 4.78 is 1.19. The van der Waals surface area contributed by atoms with Crippen LogP contribution in [0.3, 0.4) is 0 Å². The van der Waals surface area contributed by atoms with Crippen molar-refractivity contribution in [3.05, 3.63) is 66.3 Å². The van der Waals surface area contributed by atoms with E-state index in [9.17, 15) is 0 Å². The fraction of sp³-hybridized carbons (Fsp3) is 0.0500. The summed E-state index contributed by atoms with van der Waals surface area (Å²) in [5.74, 6) is 0. The number of thiazole rings is 1. The predicted molar refractivity (Wildman–Crippen MR) is 110 cm³/mol. The standard InChI is InChI=1S/C20H13N5S2/c1-12-19(27-20(24-12)13-9-21-11-22-10-13)16-8-17-14(5-7-26-17)18(25-16)15-4-2-3-6-23-15/h2-11H,1H3. The van der Waals surface area contributed by atoms with Crippen LogP contribution in [0.2, 0.25) is 0 Å². The highest BCUT2D eigenvalue weighted by Crippen LogP contribution is 2.38. The number of hydrogen-bond donors (Lipinski definition) is 0. The van der Waals surface area contributed by atoms with E-state index in [-0.39, 0.29) is 0 Å². The summed E-state index contributed by atoms with van der Waals surface area (Å²) in [4.78, 5) is 23.4. The third-order valence-corrected chi connectivity index (χ3v) is 6.29. The van der Waals surface area contributed by atoms with E-state index >= 15 is 0 Å². The van der Waals surface area contributed by atoms with Gasteiger partial charge in [0.1, 0.15) is 11.3 Å². The summed E-state index contributed by atoms with van der Waals surface area (Å²) in [5.41, 5.74) is 4.57. The molecule has 27 heavy (non-hydrogen) atoms. The van der Waals surface area contributed by atoms with Gasteiger partial charge in [-0.05, 0) is 36.6 Å². The Bertz CT molecular complexity index is 1230. The lowest BCUT2D eigenvalue weighted by molar-refractivity contribution is 1.16. The zero-order valence-corrected chi connectivity index (χ0v) is 16.0. The first kappa shape index (κ1) is 16.2. The molecule has 0 aliphatic carbocycles. The number of hydrogen-bond acceptors (Lipinski definition) is 7. The van der Waals surface area contributed by atoms with Crippen LogP contribution < -0.4 is 0 Å². The first-order valence-corrected chi connectivity index (χ1v) is 10.0. The van der Waals surface area contributed by atoms with Gasteiger partial charge in [-0.15, -0.1) is 22.7 Å². The highest BCUT2D eigenvalue weighted by atomic mass is 32.1. The molecule has 5 rings (SSSR count). The SMILES string of the molecule is Cc1nc(-c2cncnc2)sc1-c1cc2sccc2c(-c2ccccn2)n1. The number of thiophene rings is 1. The third kappa shape index (κ3) is 2.90. The van der Waals surface area contributed by atoms with Gasteiger partial charge in [0, 0.05) is 34.2 Å². The van der Waals surface area contributed by atoms with Gasteiger partial charge in [-0.25, -0.2) is 19.9 Å². The Morgan fingerprint density at radius 1 is 0.963 bits per heavy atom. The van der Waals surface area contributed by atoms with Crippen molar-refractivity contribution < 1.29 is 0 Å². The van der Waals surface area contributed by atoms with Crippen molar-refractivity contribution in [1.29, 1.82) is 0 Å². The molecule has 0 radical (unpaired) electrons. The van der Waals surface area contributed by atoms with Crippen LogP contribution >= 0.6 is 22.7 Å². The minimum atomic E-state index is 0.876. The van der Waals surface area contributed by atoms with E-state index in [1.165, 1.54) is 11.0 Å². The Kier molecular flexibility index (Phi) is 3.95. The first-order chi connectivity index (χ1) is 13.3. The van der Waals surface area contributed by atoms with Crippen molar-refractivity contribution in [3.63, 3.8) is 0 Å². The van der Waals surface area contributed by atoms with E-state index in [4.69, 9.17) is 9.97 Å². The maximum absolute atomic E-state index is 4.96. The number of aromatic nitrogens is 5. The molecule has 0 aliphatic heterocycles.